The van der Waals surface area contributed by atoms with Crippen LogP contribution in [0.1, 0.15) is 31.4 Å². The number of hydrogen-bond donors (Lipinski definition) is 0. The van der Waals surface area contributed by atoms with Gasteiger partial charge in [0.15, 0.2) is 0 Å². The predicted molar refractivity (Wildman–Crippen MR) is 78.8 cm³/mol. The average molecular weight is 298 g/mol. The third-order valence-corrected chi connectivity index (χ3v) is 4.12. The minimum absolute atomic E-state index is 0.106. The monoisotopic (exact) mass is 298 g/mol. The Kier molecular flexibility index (Phi) is 4.33. The van der Waals surface area contributed by atoms with Crippen molar-refractivity contribution >= 4 is 5.91 Å². The van der Waals surface area contributed by atoms with Crippen LogP contribution in [0.25, 0.3) is 0 Å². The number of aromatic nitrogens is 2. The van der Waals surface area contributed by atoms with Crippen molar-refractivity contribution in [3.05, 3.63) is 30.2 Å². The van der Waals surface area contributed by atoms with Gasteiger partial charge in [0.2, 0.25) is 11.6 Å². The van der Waals surface area contributed by atoms with Crippen LogP contribution < -0.4 is 4.74 Å². The Morgan fingerprint density at radius 2 is 2.18 bits per heavy atom. The fourth-order valence-electron chi connectivity index (χ4n) is 2.95. The van der Waals surface area contributed by atoms with Crippen LogP contribution in [0.2, 0.25) is 0 Å². The van der Waals surface area contributed by atoms with Crippen molar-refractivity contribution in [2.75, 3.05) is 13.1 Å². The highest BCUT2D eigenvalue weighted by molar-refractivity contribution is 5.79. The fourth-order valence-corrected chi connectivity index (χ4v) is 2.95. The van der Waals surface area contributed by atoms with Crippen molar-refractivity contribution in [1.82, 2.24) is 14.9 Å². The Labute approximate surface area is 129 Å². The molecule has 1 aliphatic carbocycles. The van der Waals surface area contributed by atoms with Crippen LogP contribution in [0.3, 0.4) is 0 Å². The number of nitrogens with zero attached hydrogens (tertiary/aromatic N) is 4. The number of allylic oxidation sites excluding steroid dienone is 2. The first-order chi connectivity index (χ1) is 10.8. The van der Waals surface area contributed by atoms with Crippen molar-refractivity contribution in [1.29, 1.82) is 5.26 Å². The van der Waals surface area contributed by atoms with Gasteiger partial charge in [-0.25, -0.2) is 9.97 Å². The van der Waals surface area contributed by atoms with Gasteiger partial charge < -0.3 is 9.64 Å². The first-order valence-corrected chi connectivity index (χ1v) is 7.59. The molecule has 1 fully saturated rings. The molecule has 22 heavy (non-hydrogen) atoms. The number of likely N-dealkylation sites (tertiary alicyclic amines) is 1. The van der Waals surface area contributed by atoms with E-state index in [4.69, 9.17) is 10.00 Å². The van der Waals surface area contributed by atoms with Gasteiger partial charge in [0.1, 0.15) is 12.2 Å². The van der Waals surface area contributed by atoms with Crippen LogP contribution in [-0.2, 0) is 4.79 Å². The SMILES string of the molecule is N#Cc1nccnc1O[C@H]1CCN(C(=O)[C@@H]2CC=CCC2)C1. The normalized spacial score (nSPS) is 24.0. The van der Waals surface area contributed by atoms with Crippen LogP contribution in [0.4, 0.5) is 0 Å². The lowest BCUT2D eigenvalue weighted by Crippen LogP contribution is -2.36. The predicted octanol–water partition coefficient (Wildman–Crippen LogP) is 1.68. The molecule has 6 nitrogen and oxygen atoms in total. The van der Waals surface area contributed by atoms with Crippen LogP contribution in [0.15, 0.2) is 24.5 Å². The van der Waals surface area contributed by atoms with E-state index >= 15 is 0 Å². The maximum absolute atomic E-state index is 12.5. The number of amides is 1. The van der Waals surface area contributed by atoms with E-state index in [0.29, 0.717) is 13.1 Å². The summed E-state index contributed by atoms with van der Waals surface area (Å²) in [6.07, 6.45) is 10.6. The summed E-state index contributed by atoms with van der Waals surface area (Å²) in [4.78, 5) is 22.3. The molecule has 0 unspecified atom stereocenters. The molecule has 2 aliphatic rings. The second kappa shape index (κ2) is 6.56. The van der Waals surface area contributed by atoms with E-state index in [1.54, 1.807) is 0 Å². The Morgan fingerprint density at radius 3 is 2.95 bits per heavy atom. The number of hydrogen-bond acceptors (Lipinski definition) is 5. The smallest absolute Gasteiger partial charge is 0.251 e. The quantitative estimate of drug-likeness (QED) is 0.793. The molecule has 2 heterocycles. The molecule has 6 heteroatoms. The third-order valence-electron chi connectivity index (χ3n) is 4.12. The van der Waals surface area contributed by atoms with Crippen molar-refractivity contribution in [3.63, 3.8) is 0 Å². The van der Waals surface area contributed by atoms with Gasteiger partial charge in [-0.05, 0) is 19.3 Å². The summed E-state index contributed by atoms with van der Waals surface area (Å²) in [5.74, 6) is 0.579. The molecule has 0 N–H and O–H groups in total. The lowest BCUT2D eigenvalue weighted by Gasteiger charge is -2.24. The zero-order chi connectivity index (χ0) is 15.4. The van der Waals surface area contributed by atoms with E-state index in [-0.39, 0.29) is 29.5 Å². The van der Waals surface area contributed by atoms with Gasteiger partial charge in [0.25, 0.3) is 5.88 Å². The molecule has 1 aromatic rings. The highest BCUT2D eigenvalue weighted by Gasteiger charge is 2.32. The molecule has 0 aromatic carbocycles. The Bertz CT molecular complexity index is 623. The molecule has 114 valence electrons. The Hall–Kier alpha value is -2.42. The number of nitriles is 1. The van der Waals surface area contributed by atoms with Crippen LogP contribution in [0.5, 0.6) is 5.88 Å². The van der Waals surface area contributed by atoms with Crippen molar-refractivity contribution < 1.29 is 9.53 Å². The molecule has 1 aliphatic heterocycles. The van der Waals surface area contributed by atoms with Gasteiger partial charge in [-0.1, -0.05) is 12.2 Å². The highest BCUT2D eigenvalue weighted by atomic mass is 16.5. The summed E-state index contributed by atoms with van der Waals surface area (Å²) < 4.78 is 5.76. The van der Waals surface area contributed by atoms with Gasteiger partial charge in [0.05, 0.1) is 6.54 Å². The number of carbonyl (C=O) groups is 1. The average Bonchev–Trinajstić information content (AvgIpc) is 3.04. The largest absolute Gasteiger partial charge is 0.470 e. The lowest BCUT2D eigenvalue weighted by molar-refractivity contribution is -0.135. The molecule has 1 saturated heterocycles. The number of ether oxygens (including phenoxy) is 1. The first-order valence-electron chi connectivity index (χ1n) is 7.59. The Morgan fingerprint density at radius 1 is 1.32 bits per heavy atom. The summed E-state index contributed by atoms with van der Waals surface area (Å²) in [5.41, 5.74) is 0.185. The third kappa shape index (κ3) is 3.08. The fraction of sp³-hybridized carbons (Fsp3) is 0.500. The molecule has 0 radical (unpaired) electrons. The molecule has 0 spiro atoms. The molecule has 3 rings (SSSR count). The maximum Gasteiger partial charge on any atom is 0.251 e. The van der Waals surface area contributed by atoms with Crippen LogP contribution >= 0.6 is 0 Å². The van der Waals surface area contributed by atoms with E-state index in [1.807, 2.05) is 11.0 Å². The van der Waals surface area contributed by atoms with Gasteiger partial charge in [-0.2, -0.15) is 5.26 Å². The summed E-state index contributed by atoms with van der Waals surface area (Å²) in [7, 11) is 0. The topological polar surface area (TPSA) is 79.1 Å². The van der Waals surface area contributed by atoms with Crippen LogP contribution in [0, 0.1) is 17.2 Å². The van der Waals surface area contributed by atoms with Crippen LogP contribution in [-0.4, -0.2) is 40.0 Å². The molecular weight excluding hydrogens is 280 g/mol. The minimum atomic E-state index is -0.119. The summed E-state index contributed by atoms with van der Waals surface area (Å²) in [5, 5.41) is 9.00. The molecule has 1 aromatic heterocycles. The van der Waals surface area contributed by atoms with E-state index in [9.17, 15) is 4.79 Å². The van der Waals surface area contributed by atoms with Gasteiger partial charge in [-0.15, -0.1) is 0 Å². The van der Waals surface area contributed by atoms with E-state index in [1.165, 1.54) is 12.4 Å². The molecule has 2 atom stereocenters. The lowest BCUT2D eigenvalue weighted by atomic mass is 9.93. The molecular formula is C16H18N4O2. The van der Waals surface area contributed by atoms with E-state index in [2.05, 4.69) is 22.1 Å². The van der Waals surface area contributed by atoms with Crippen molar-refractivity contribution in [3.8, 4) is 11.9 Å². The Balaban J connectivity index is 1.59. The molecule has 0 saturated carbocycles. The number of carbonyl (C=O) groups excluding carboxylic acids is 1. The van der Waals surface area contributed by atoms with Crippen molar-refractivity contribution in [2.24, 2.45) is 5.92 Å². The molecule has 0 bridgehead atoms. The molecule has 1 amide bonds. The standard InChI is InChI=1S/C16H18N4O2/c17-10-14-15(19-8-7-18-14)22-13-6-9-20(11-13)16(21)12-4-2-1-3-5-12/h1-2,7-8,12-13H,3-6,9,11H2/t12-,13+/m1/s1. The second-order valence-electron chi connectivity index (χ2n) is 5.62. The number of rotatable bonds is 3. The van der Waals surface area contributed by atoms with Crippen molar-refractivity contribution in [2.45, 2.75) is 31.8 Å². The van der Waals surface area contributed by atoms with E-state index < -0.39 is 0 Å². The summed E-state index contributed by atoms with van der Waals surface area (Å²) in [6, 6.07) is 1.97. The zero-order valence-electron chi connectivity index (χ0n) is 12.3. The summed E-state index contributed by atoms with van der Waals surface area (Å²) >= 11 is 0. The maximum atomic E-state index is 12.5. The van der Waals surface area contributed by atoms with Gasteiger partial charge >= 0.3 is 0 Å². The van der Waals surface area contributed by atoms with E-state index in [0.717, 1.165) is 25.7 Å². The minimum Gasteiger partial charge on any atom is -0.470 e. The summed E-state index contributed by atoms with van der Waals surface area (Å²) in [6.45, 7) is 1.26. The van der Waals surface area contributed by atoms with Gasteiger partial charge in [0, 0.05) is 31.3 Å². The first kappa shape index (κ1) is 14.5. The second-order valence-corrected chi connectivity index (χ2v) is 5.62. The zero-order valence-corrected chi connectivity index (χ0v) is 12.3. The highest BCUT2D eigenvalue weighted by Crippen LogP contribution is 2.24. The van der Waals surface area contributed by atoms with Gasteiger partial charge in [-0.3, -0.25) is 4.79 Å².